The Balaban J connectivity index is 1.39. The number of phenols is 1. The van der Waals surface area contributed by atoms with Gasteiger partial charge in [-0.1, -0.05) is 80.6 Å². The fourth-order valence-corrected chi connectivity index (χ4v) is 14.1. The maximum Gasteiger partial charge on any atom is 0.339 e. The molecule has 22 heteroatoms. The first kappa shape index (κ1) is 52.7. The number of aliphatic carboxylic acids is 1. The fourth-order valence-electron chi connectivity index (χ4n) is 10.7. The zero-order valence-corrected chi connectivity index (χ0v) is 45.1. The number of rotatable bonds is 17. The van der Waals surface area contributed by atoms with Crippen molar-refractivity contribution in [3.8, 4) is 24.0 Å². The Labute approximate surface area is 461 Å². The van der Waals surface area contributed by atoms with Crippen molar-refractivity contribution in [2.75, 3.05) is 31.5 Å². The predicted octanol–water partition coefficient (Wildman–Crippen LogP) is 8.82. The number of aromatic nitrogens is 5. The van der Waals surface area contributed by atoms with E-state index in [0.29, 0.717) is 56.9 Å². The maximum atomic E-state index is 15.9. The van der Waals surface area contributed by atoms with Crippen LogP contribution in [0.15, 0.2) is 144 Å². The Kier molecular flexibility index (Phi) is 14.5. The van der Waals surface area contributed by atoms with Crippen molar-refractivity contribution in [1.82, 2.24) is 44.9 Å². The lowest BCUT2D eigenvalue weighted by Gasteiger charge is -2.61. The van der Waals surface area contributed by atoms with Crippen molar-refractivity contribution in [1.29, 1.82) is 15.8 Å². The van der Waals surface area contributed by atoms with Gasteiger partial charge in [-0.25, -0.2) is 34.7 Å². The van der Waals surface area contributed by atoms with E-state index in [1.807, 2.05) is 72.8 Å². The van der Waals surface area contributed by atoms with Gasteiger partial charge < -0.3 is 36.8 Å². The molecule has 8 aromatic rings. The van der Waals surface area contributed by atoms with Gasteiger partial charge in [-0.3, -0.25) is 0 Å². The molecule has 0 fully saturated rings. The van der Waals surface area contributed by atoms with E-state index >= 15 is 4.79 Å². The highest BCUT2D eigenvalue weighted by Crippen LogP contribution is 2.62. The van der Waals surface area contributed by atoms with Gasteiger partial charge in [0.2, 0.25) is 17.4 Å². The molecule has 0 saturated carbocycles. The van der Waals surface area contributed by atoms with Gasteiger partial charge in [-0.15, -0.1) is 22.7 Å². The Hall–Kier alpha value is -8.69. The number of carboxylic acid groups (broad SMARTS) is 1. The molecule has 4 aromatic heterocycles. The number of nitrogens with one attached hydrogen (secondary N) is 3. The maximum absolute atomic E-state index is 15.9. The molecule has 0 spiro atoms. The van der Waals surface area contributed by atoms with Crippen LogP contribution in [-0.4, -0.2) is 95.2 Å². The summed E-state index contributed by atoms with van der Waals surface area (Å²) in [7, 11) is 0. The Morgan fingerprint density at radius 2 is 1.56 bits per heavy atom. The van der Waals surface area contributed by atoms with Crippen molar-refractivity contribution < 1.29 is 15.0 Å². The summed E-state index contributed by atoms with van der Waals surface area (Å²) in [5.74, 6) is -1.22. The van der Waals surface area contributed by atoms with Crippen molar-refractivity contribution in [2.45, 2.75) is 62.7 Å². The Morgan fingerprint density at radius 1 is 0.885 bits per heavy atom. The molecule has 0 radical (unpaired) electrons. The minimum absolute atomic E-state index is 0.00549. The number of thiazole rings is 3. The standard InChI is InChI=1S/C56H52N16O3S3/c1-53(2,3)56(48(74)75,70-50-63-29-11-33-71(50)41(34-59)46-66-38-12-4-7-15-42(38)76-46)54(24-27-58)25-32-65-51(64-30-22-36-18-20-37(73)21-19-36)72(54,52-68-40-14-6-9-17-44(40)78-52)55(35-60,47-67-39-13-5-8-16-43(39)77-47)45-23-31-62-49(69-45)61-28-10-26-57/h4-9,11-21,23,25,29,31-32,41H,10,22,24,26,28,30,33,57H2,1-3H3,(H4-,61,62,63,64,65,69,70,73,74,75)/p+1. The number of anilines is 1. The van der Waals surface area contributed by atoms with Gasteiger partial charge in [0, 0.05) is 37.1 Å². The molecule has 10 rings (SSSR count). The highest BCUT2D eigenvalue weighted by atomic mass is 32.1. The number of nitrogens with two attached hydrogens (primary N) is 1. The van der Waals surface area contributed by atoms with Gasteiger partial charge >= 0.3 is 11.9 Å². The first-order valence-corrected chi connectivity index (χ1v) is 27.5. The van der Waals surface area contributed by atoms with Crippen LogP contribution in [0.1, 0.15) is 60.9 Å². The molecule has 7 N–H and O–H groups in total. The van der Waals surface area contributed by atoms with Crippen LogP contribution in [0.2, 0.25) is 0 Å². The zero-order valence-electron chi connectivity index (χ0n) is 42.7. The molecule has 0 bridgehead atoms. The first-order chi connectivity index (χ1) is 37.8. The number of nitrogens with zero attached hydrogens (tertiary/aromatic N) is 12. The number of aromatic hydroxyl groups is 1. The van der Waals surface area contributed by atoms with Crippen LogP contribution in [0.25, 0.3) is 30.6 Å². The van der Waals surface area contributed by atoms with Gasteiger partial charge in [0.15, 0.2) is 16.6 Å². The Morgan fingerprint density at radius 3 is 2.19 bits per heavy atom. The summed E-state index contributed by atoms with van der Waals surface area (Å²) in [5, 5.41) is 70.0. The molecular formula is C56H53N16O3S3+. The second kappa shape index (κ2) is 21.4. The highest BCUT2D eigenvalue weighted by Gasteiger charge is 2.83. The summed E-state index contributed by atoms with van der Waals surface area (Å²) >= 11 is 3.77. The first-order valence-electron chi connectivity index (χ1n) is 25.0. The van der Waals surface area contributed by atoms with Crippen LogP contribution >= 0.6 is 34.0 Å². The third-order valence-electron chi connectivity index (χ3n) is 14.1. The third-order valence-corrected chi connectivity index (χ3v) is 17.5. The van der Waals surface area contributed by atoms with Gasteiger partial charge in [0.25, 0.3) is 10.7 Å². The fraction of sp³-hybridized carbons (Fsp3) is 0.268. The molecule has 78 heavy (non-hydrogen) atoms. The number of benzene rings is 4. The average molecular weight is 1090 g/mol. The number of guanidine groups is 2. The van der Waals surface area contributed by atoms with Crippen LogP contribution in [0.5, 0.6) is 5.75 Å². The van der Waals surface area contributed by atoms with Crippen molar-refractivity contribution in [3.05, 3.63) is 155 Å². The smallest absolute Gasteiger partial charge is 0.339 e. The van der Waals surface area contributed by atoms with E-state index in [1.54, 1.807) is 80.6 Å². The average Bonchev–Trinajstić information content (AvgIpc) is 1.69. The number of aliphatic imine (C=N–C) groups is 2. The normalized spacial score (nSPS) is 20.3. The summed E-state index contributed by atoms with van der Waals surface area (Å²) in [5.41, 5.74) is -0.163. The summed E-state index contributed by atoms with van der Waals surface area (Å²) in [6.07, 6.45) is 8.40. The molecule has 19 nitrogen and oxygen atoms in total. The molecule has 0 amide bonds. The van der Waals surface area contributed by atoms with E-state index < -0.39 is 44.9 Å². The SMILES string of the molecule is CC(C)(C)C(N=C1NC=CCN1C(C#N)c1nc2ccccc2s1)(C(=O)O)C1(CC#N)C=CNC(=NCCc2ccc(O)cc2)[N+]1(c1nc2ccccc2s1)C(C#N)(c1ccnc(NCCCN)n1)c1nc2ccccc2s1. The van der Waals surface area contributed by atoms with Crippen molar-refractivity contribution in [2.24, 2.45) is 21.1 Å². The second-order valence-electron chi connectivity index (χ2n) is 19.6. The van der Waals surface area contributed by atoms with E-state index in [-0.39, 0.29) is 52.5 Å². The molecule has 4 aromatic carbocycles. The molecule has 5 atom stereocenters. The molecule has 0 saturated heterocycles. The number of carbonyl (C=O) groups is 1. The minimum atomic E-state index is -2.57. The number of hydrogen-bond donors (Lipinski definition) is 6. The number of nitriles is 3. The lowest BCUT2D eigenvalue weighted by atomic mass is 9.57. The number of phenolic OH excluding ortho intramolecular Hbond substituents is 1. The van der Waals surface area contributed by atoms with E-state index in [2.05, 4.69) is 39.1 Å². The number of carboxylic acids is 1. The lowest BCUT2D eigenvalue weighted by molar-refractivity contribution is -0.155. The van der Waals surface area contributed by atoms with Crippen LogP contribution in [0.3, 0.4) is 0 Å². The number of quaternary nitrogens is 1. The molecule has 0 aliphatic carbocycles. The largest absolute Gasteiger partial charge is 0.508 e. The quantitative estimate of drug-likeness (QED) is 0.0367. The van der Waals surface area contributed by atoms with Crippen LogP contribution in [0, 0.1) is 39.4 Å². The van der Waals surface area contributed by atoms with E-state index in [9.17, 15) is 26.0 Å². The summed E-state index contributed by atoms with van der Waals surface area (Å²) < 4.78 is 1.24. The highest BCUT2D eigenvalue weighted by molar-refractivity contribution is 7.22. The summed E-state index contributed by atoms with van der Waals surface area (Å²) in [6, 6.07) is 37.3. The molecule has 2 aliphatic heterocycles. The third kappa shape index (κ3) is 8.62. The topological polar surface area (TPSA) is 283 Å². The summed E-state index contributed by atoms with van der Waals surface area (Å²) in [6.45, 7) is 6.13. The molecular weight excluding hydrogens is 1040 g/mol. The molecule has 6 heterocycles. The predicted molar refractivity (Wildman–Crippen MR) is 305 cm³/mol. The zero-order chi connectivity index (χ0) is 54.7. The monoisotopic (exact) mass is 1090 g/mol. The van der Waals surface area contributed by atoms with E-state index in [0.717, 1.165) is 10.3 Å². The second-order valence-corrected chi connectivity index (χ2v) is 22.7. The van der Waals surface area contributed by atoms with E-state index in [4.69, 9.17) is 35.7 Å². The van der Waals surface area contributed by atoms with Gasteiger partial charge in [-0.2, -0.15) is 25.3 Å². The number of fused-ring (bicyclic) bond motifs is 3. The van der Waals surface area contributed by atoms with Crippen molar-refractivity contribution in [3.63, 3.8) is 0 Å². The summed E-state index contributed by atoms with van der Waals surface area (Å²) in [4.78, 5) is 54.0. The van der Waals surface area contributed by atoms with Gasteiger partial charge in [-0.05, 0) is 91.7 Å². The van der Waals surface area contributed by atoms with Crippen LogP contribution in [0.4, 0.5) is 11.1 Å². The molecule has 392 valence electrons. The lowest BCUT2D eigenvalue weighted by Crippen LogP contribution is -2.88. The minimum Gasteiger partial charge on any atom is -0.508 e. The Bertz CT molecular complexity index is 3720. The number of hydrogen-bond acceptors (Lipinski definition) is 17. The van der Waals surface area contributed by atoms with Gasteiger partial charge in [0.1, 0.15) is 22.5 Å². The van der Waals surface area contributed by atoms with Gasteiger partial charge in [0.05, 0.1) is 55.8 Å². The molecule has 2 aliphatic rings. The van der Waals surface area contributed by atoms with Crippen LogP contribution in [-0.2, 0) is 16.8 Å². The molecule has 5 unspecified atom stereocenters. The van der Waals surface area contributed by atoms with Crippen LogP contribution < -0.4 is 26.2 Å². The number of para-hydroxylation sites is 3. The van der Waals surface area contributed by atoms with E-state index in [1.165, 1.54) is 40.2 Å². The van der Waals surface area contributed by atoms with Crippen molar-refractivity contribution >= 4 is 93.6 Å².